The molecule has 1 aliphatic rings. The molecule has 1 aliphatic carbocycles. The molecule has 3 rings (SSSR count). The molecule has 0 fully saturated rings. The molecule has 0 atom stereocenters. The van der Waals surface area contributed by atoms with E-state index in [0.29, 0.717) is 5.82 Å². The summed E-state index contributed by atoms with van der Waals surface area (Å²) >= 11 is 3.56. The zero-order valence-corrected chi connectivity index (χ0v) is 13.1. The Morgan fingerprint density at radius 1 is 1.25 bits per heavy atom. The van der Waals surface area contributed by atoms with Crippen LogP contribution in [0.15, 0.2) is 16.7 Å². The van der Waals surface area contributed by atoms with E-state index >= 15 is 0 Å². The molecule has 4 nitrogen and oxygen atoms in total. The van der Waals surface area contributed by atoms with E-state index in [-0.39, 0.29) is 5.75 Å². The fourth-order valence-corrected chi connectivity index (χ4v) is 3.55. The maximum atomic E-state index is 10.5. The average molecular weight is 336 g/mol. The zero-order chi connectivity index (χ0) is 14.3. The first-order valence-electron chi connectivity index (χ1n) is 6.90. The number of phenols is 1. The van der Waals surface area contributed by atoms with Crippen LogP contribution in [0.3, 0.4) is 0 Å². The van der Waals surface area contributed by atoms with Crippen LogP contribution in [-0.2, 0) is 19.9 Å². The standard InChI is InChI=1S/C15H18BrN3O/c1-19-15(17)12(8-18-19)11-7-9-5-3-2-4-6-10(9)13(16)14(11)20/h7-8,20H,2-6,17H2,1H3. The highest BCUT2D eigenvalue weighted by Crippen LogP contribution is 2.43. The largest absolute Gasteiger partial charge is 0.506 e. The van der Waals surface area contributed by atoms with Crippen LogP contribution >= 0.6 is 15.9 Å². The number of aryl methyl sites for hydroxylation is 2. The molecule has 2 aromatic rings. The molecule has 106 valence electrons. The lowest BCUT2D eigenvalue weighted by Gasteiger charge is -2.14. The van der Waals surface area contributed by atoms with Gasteiger partial charge in [0.05, 0.1) is 10.7 Å². The SMILES string of the molecule is Cn1ncc(-c2cc3c(c(Br)c2O)CCCCC3)c1N. The minimum Gasteiger partial charge on any atom is -0.506 e. The Hall–Kier alpha value is -1.49. The van der Waals surface area contributed by atoms with Crippen molar-refractivity contribution in [2.24, 2.45) is 7.05 Å². The quantitative estimate of drug-likeness (QED) is 0.785. The van der Waals surface area contributed by atoms with Gasteiger partial charge in [0, 0.05) is 18.2 Å². The molecule has 1 heterocycles. The predicted octanol–water partition coefficient (Wildman–Crippen LogP) is 3.41. The molecule has 1 aromatic carbocycles. The topological polar surface area (TPSA) is 64.1 Å². The minimum absolute atomic E-state index is 0.269. The summed E-state index contributed by atoms with van der Waals surface area (Å²) in [4.78, 5) is 0. The Kier molecular flexibility index (Phi) is 3.46. The van der Waals surface area contributed by atoms with Gasteiger partial charge in [0.15, 0.2) is 0 Å². The van der Waals surface area contributed by atoms with Crippen LogP contribution in [0.5, 0.6) is 5.75 Å². The summed E-state index contributed by atoms with van der Waals surface area (Å²) in [5.74, 6) is 0.839. The molecule has 5 heteroatoms. The fourth-order valence-electron chi connectivity index (χ4n) is 2.88. The molecule has 0 radical (unpaired) electrons. The Balaban J connectivity index is 2.20. The maximum Gasteiger partial charge on any atom is 0.138 e. The van der Waals surface area contributed by atoms with Gasteiger partial charge in [-0.05, 0) is 58.8 Å². The van der Waals surface area contributed by atoms with Gasteiger partial charge in [0.1, 0.15) is 11.6 Å². The predicted molar refractivity (Wildman–Crippen MR) is 83.7 cm³/mol. The highest BCUT2D eigenvalue weighted by Gasteiger charge is 2.20. The van der Waals surface area contributed by atoms with Crippen molar-refractivity contribution < 1.29 is 5.11 Å². The van der Waals surface area contributed by atoms with Gasteiger partial charge in [-0.2, -0.15) is 5.10 Å². The zero-order valence-electron chi connectivity index (χ0n) is 11.5. The number of halogens is 1. The molecule has 20 heavy (non-hydrogen) atoms. The third-order valence-electron chi connectivity index (χ3n) is 4.08. The molecule has 0 saturated carbocycles. The summed E-state index contributed by atoms with van der Waals surface area (Å²) in [6, 6.07) is 2.08. The number of nitrogens with zero attached hydrogens (tertiary/aromatic N) is 2. The Bertz CT molecular complexity index is 664. The van der Waals surface area contributed by atoms with E-state index in [9.17, 15) is 5.11 Å². The number of benzene rings is 1. The van der Waals surface area contributed by atoms with Gasteiger partial charge in [-0.15, -0.1) is 0 Å². The molecule has 0 spiro atoms. The molecule has 0 unspecified atom stereocenters. The number of rotatable bonds is 1. The smallest absolute Gasteiger partial charge is 0.138 e. The molecular weight excluding hydrogens is 318 g/mol. The van der Waals surface area contributed by atoms with Gasteiger partial charge < -0.3 is 10.8 Å². The van der Waals surface area contributed by atoms with Gasteiger partial charge in [-0.3, -0.25) is 4.68 Å². The van der Waals surface area contributed by atoms with Crippen molar-refractivity contribution in [1.29, 1.82) is 0 Å². The average Bonchev–Trinajstić information content (AvgIpc) is 2.67. The number of aromatic hydroxyl groups is 1. The van der Waals surface area contributed by atoms with Crippen LogP contribution in [0, 0.1) is 0 Å². The number of hydrogen-bond donors (Lipinski definition) is 2. The van der Waals surface area contributed by atoms with Crippen LogP contribution < -0.4 is 5.73 Å². The summed E-state index contributed by atoms with van der Waals surface area (Å²) in [6.07, 6.45) is 7.41. The summed E-state index contributed by atoms with van der Waals surface area (Å²) in [5.41, 5.74) is 10.1. The Labute approximate surface area is 126 Å². The first kappa shape index (κ1) is 13.5. The molecule has 0 aliphatic heterocycles. The summed E-state index contributed by atoms with van der Waals surface area (Å²) < 4.78 is 2.43. The number of anilines is 1. The fraction of sp³-hybridized carbons (Fsp3) is 0.400. The van der Waals surface area contributed by atoms with E-state index in [0.717, 1.165) is 28.4 Å². The van der Waals surface area contributed by atoms with Gasteiger partial charge >= 0.3 is 0 Å². The number of aromatic nitrogens is 2. The number of phenolic OH excluding ortho intramolecular Hbond substituents is 1. The van der Waals surface area contributed by atoms with E-state index in [1.807, 2.05) is 0 Å². The molecule has 3 N–H and O–H groups in total. The summed E-state index contributed by atoms with van der Waals surface area (Å²) in [6.45, 7) is 0. The van der Waals surface area contributed by atoms with Crippen LogP contribution in [0.4, 0.5) is 5.82 Å². The molecule has 0 bridgehead atoms. The van der Waals surface area contributed by atoms with Crippen molar-refractivity contribution >= 4 is 21.7 Å². The lowest BCUT2D eigenvalue weighted by molar-refractivity contribution is 0.472. The van der Waals surface area contributed by atoms with Gasteiger partial charge in [-0.1, -0.05) is 6.42 Å². The Morgan fingerprint density at radius 3 is 2.70 bits per heavy atom. The maximum absolute atomic E-state index is 10.5. The highest BCUT2D eigenvalue weighted by molar-refractivity contribution is 9.10. The molecule has 0 amide bonds. The number of nitrogens with two attached hydrogens (primary N) is 1. The van der Waals surface area contributed by atoms with Gasteiger partial charge in [-0.25, -0.2) is 0 Å². The number of hydrogen-bond acceptors (Lipinski definition) is 3. The van der Waals surface area contributed by atoms with Crippen molar-refractivity contribution in [1.82, 2.24) is 9.78 Å². The van der Waals surface area contributed by atoms with Crippen LogP contribution in [0.2, 0.25) is 0 Å². The summed E-state index contributed by atoms with van der Waals surface area (Å²) in [5, 5.41) is 14.7. The number of fused-ring (bicyclic) bond motifs is 1. The van der Waals surface area contributed by atoms with E-state index in [1.54, 1.807) is 17.9 Å². The lowest BCUT2D eigenvalue weighted by Crippen LogP contribution is -1.99. The van der Waals surface area contributed by atoms with Crippen molar-refractivity contribution in [3.63, 3.8) is 0 Å². The van der Waals surface area contributed by atoms with Crippen molar-refractivity contribution in [2.75, 3.05) is 5.73 Å². The second-order valence-electron chi connectivity index (χ2n) is 5.35. The first-order valence-corrected chi connectivity index (χ1v) is 7.70. The summed E-state index contributed by atoms with van der Waals surface area (Å²) in [7, 11) is 1.80. The first-order chi connectivity index (χ1) is 9.59. The minimum atomic E-state index is 0.269. The monoisotopic (exact) mass is 335 g/mol. The van der Waals surface area contributed by atoms with Gasteiger partial charge in [0.25, 0.3) is 0 Å². The highest BCUT2D eigenvalue weighted by atomic mass is 79.9. The van der Waals surface area contributed by atoms with Crippen LogP contribution in [-0.4, -0.2) is 14.9 Å². The third kappa shape index (κ3) is 2.10. The van der Waals surface area contributed by atoms with Crippen LogP contribution in [0.1, 0.15) is 30.4 Å². The van der Waals surface area contributed by atoms with Gasteiger partial charge in [0.2, 0.25) is 0 Å². The van der Waals surface area contributed by atoms with Crippen molar-refractivity contribution in [2.45, 2.75) is 32.1 Å². The van der Waals surface area contributed by atoms with E-state index in [2.05, 4.69) is 27.1 Å². The Morgan fingerprint density at radius 2 is 2.00 bits per heavy atom. The van der Waals surface area contributed by atoms with E-state index in [1.165, 1.54) is 30.4 Å². The molecular formula is C15H18BrN3O. The number of nitrogen functional groups attached to an aromatic ring is 1. The van der Waals surface area contributed by atoms with E-state index < -0.39 is 0 Å². The molecule has 0 saturated heterocycles. The lowest BCUT2D eigenvalue weighted by atomic mass is 9.96. The van der Waals surface area contributed by atoms with E-state index in [4.69, 9.17) is 5.73 Å². The second kappa shape index (κ2) is 5.13. The normalized spacial score (nSPS) is 14.9. The second-order valence-corrected chi connectivity index (χ2v) is 6.15. The third-order valence-corrected chi connectivity index (χ3v) is 4.94. The van der Waals surface area contributed by atoms with Crippen LogP contribution in [0.25, 0.3) is 11.1 Å². The molecule has 1 aromatic heterocycles. The van der Waals surface area contributed by atoms with Crippen molar-refractivity contribution in [3.05, 3.63) is 27.9 Å². The van der Waals surface area contributed by atoms with Crippen molar-refractivity contribution in [3.8, 4) is 16.9 Å².